The van der Waals surface area contributed by atoms with E-state index in [0.29, 0.717) is 27.7 Å². The Morgan fingerprint density at radius 1 is 1.25 bits per heavy atom. The van der Waals surface area contributed by atoms with Gasteiger partial charge in [0.05, 0.1) is 16.8 Å². The number of rotatable bonds is 5. The lowest BCUT2D eigenvalue weighted by molar-refractivity contribution is 0.256. The standard InChI is InChI=1S/C18H17ClN6OS2/c19-11-2-1-3-12(8-11)24-17(26)25-18-21-9-13(28-18)4-6-20-16-15-14(5-7-27-15)22-10-23-16/h1-3,5,7-8,10,13H,4,6,9H2,(H,20,22,23)(H2,21,24,25,26). The Hall–Kier alpha value is -2.36. The molecule has 7 nitrogen and oxygen atoms in total. The molecule has 1 atom stereocenters. The number of nitrogens with one attached hydrogen (secondary N) is 3. The van der Waals surface area contributed by atoms with Crippen molar-refractivity contribution in [1.29, 1.82) is 0 Å². The Kier molecular flexibility index (Phi) is 5.94. The second-order valence-corrected chi connectivity index (χ2v) is 8.69. The first-order chi connectivity index (χ1) is 13.7. The van der Waals surface area contributed by atoms with Crippen LogP contribution in [0.5, 0.6) is 0 Å². The fraction of sp³-hybridized carbons (Fsp3) is 0.222. The van der Waals surface area contributed by atoms with Gasteiger partial charge in [-0.15, -0.1) is 11.3 Å². The van der Waals surface area contributed by atoms with Gasteiger partial charge in [0.2, 0.25) is 0 Å². The number of nitrogens with zero attached hydrogens (tertiary/aromatic N) is 3. The molecule has 3 aromatic rings. The topological polar surface area (TPSA) is 91.3 Å². The fourth-order valence-electron chi connectivity index (χ4n) is 2.73. The van der Waals surface area contributed by atoms with E-state index in [1.54, 1.807) is 53.7 Å². The first-order valence-corrected chi connectivity index (χ1v) is 10.8. The van der Waals surface area contributed by atoms with E-state index in [4.69, 9.17) is 11.6 Å². The molecule has 3 N–H and O–H groups in total. The summed E-state index contributed by atoms with van der Waals surface area (Å²) in [5, 5.41) is 12.4. The number of amides is 2. The van der Waals surface area contributed by atoms with Crippen LogP contribution in [-0.4, -0.2) is 39.5 Å². The van der Waals surface area contributed by atoms with Crippen molar-refractivity contribution in [2.45, 2.75) is 11.7 Å². The van der Waals surface area contributed by atoms with Crippen LogP contribution in [0.4, 0.5) is 16.3 Å². The molecule has 0 bridgehead atoms. The van der Waals surface area contributed by atoms with Gasteiger partial charge in [0.15, 0.2) is 5.17 Å². The molecule has 10 heteroatoms. The number of hydrogen-bond acceptors (Lipinski definition) is 7. The van der Waals surface area contributed by atoms with Crippen LogP contribution in [0.15, 0.2) is 47.0 Å². The molecule has 0 spiro atoms. The summed E-state index contributed by atoms with van der Waals surface area (Å²) in [7, 11) is 0. The number of carbonyl (C=O) groups excluding carboxylic acids is 1. The van der Waals surface area contributed by atoms with E-state index >= 15 is 0 Å². The Balaban J connectivity index is 1.22. The summed E-state index contributed by atoms with van der Waals surface area (Å²) < 4.78 is 1.07. The lowest BCUT2D eigenvalue weighted by atomic mass is 10.3. The number of benzene rings is 1. The van der Waals surface area contributed by atoms with Crippen LogP contribution in [0.3, 0.4) is 0 Å². The van der Waals surface area contributed by atoms with E-state index in [-0.39, 0.29) is 6.03 Å². The van der Waals surface area contributed by atoms with E-state index in [1.165, 1.54) is 0 Å². The summed E-state index contributed by atoms with van der Waals surface area (Å²) in [6.45, 7) is 1.45. The predicted octanol–water partition coefficient (Wildman–Crippen LogP) is 4.44. The van der Waals surface area contributed by atoms with Crippen LogP contribution in [0.2, 0.25) is 5.02 Å². The van der Waals surface area contributed by atoms with Gasteiger partial charge >= 0.3 is 6.03 Å². The summed E-state index contributed by atoms with van der Waals surface area (Å²) in [4.78, 5) is 25.1. The van der Waals surface area contributed by atoms with Gasteiger partial charge in [0, 0.05) is 22.5 Å². The van der Waals surface area contributed by atoms with Gasteiger partial charge in [-0.05, 0) is 36.1 Å². The first kappa shape index (κ1) is 19.0. The van der Waals surface area contributed by atoms with Gasteiger partial charge in [0.1, 0.15) is 12.1 Å². The number of urea groups is 1. The third-order valence-corrected chi connectivity index (χ3v) is 6.34. The monoisotopic (exact) mass is 432 g/mol. The van der Waals surface area contributed by atoms with Crippen LogP contribution in [0.1, 0.15) is 6.42 Å². The number of aromatic nitrogens is 2. The second-order valence-electron chi connectivity index (χ2n) is 6.05. The zero-order valence-corrected chi connectivity index (χ0v) is 17.1. The quantitative estimate of drug-likeness (QED) is 0.554. The Labute approximate surface area is 175 Å². The molecule has 1 aliphatic heterocycles. The highest BCUT2D eigenvalue weighted by Gasteiger charge is 2.21. The van der Waals surface area contributed by atoms with Crippen molar-refractivity contribution in [3.8, 4) is 0 Å². The molecule has 0 aliphatic carbocycles. The van der Waals surface area contributed by atoms with E-state index in [9.17, 15) is 4.79 Å². The van der Waals surface area contributed by atoms with Crippen LogP contribution in [-0.2, 0) is 0 Å². The summed E-state index contributed by atoms with van der Waals surface area (Å²) >= 11 is 9.13. The normalized spacial score (nSPS) is 16.0. The Bertz CT molecular complexity index is 1020. The van der Waals surface area contributed by atoms with Gasteiger partial charge in [-0.3, -0.25) is 10.3 Å². The zero-order valence-electron chi connectivity index (χ0n) is 14.7. The maximum atomic E-state index is 12.1. The number of thioether (sulfide) groups is 1. The number of thiophene rings is 1. The first-order valence-electron chi connectivity index (χ1n) is 8.64. The molecule has 1 unspecified atom stereocenters. The smallest absolute Gasteiger partial charge is 0.325 e. The van der Waals surface area contributed by atoms with Gasteiger partial charge in [-0.2, -0.15) is 0 Å². The third-order valence-electron chi connectivity index (χ3n) is 4.02. The molecular weight excluding hydrogens is 416 g/mol. The van der Waals surface area contributed by atoms with Crippen molar-refractivity contribution < 1.29 is 4.79 Å². The Morgan fingerprint density at radius 2 is 2.18 bits per heavy atom. The lowest BCUT2D eigenvalue weighted by Gasteiger charge is -2.11. The average Bonchev–Trinajstić information content (AvgIpc) is 3.31. The van der Waals surface area contributed by atoms with Gasteiger partial charge < -0.3 is 10.6 Å². The zero-order chi connectivity index (χ0) is 19.3. The average molecular weight is 433 g/mol. The van der Waals surface area contributed by atoms with Gasteiger partial charge in [-0.1, -0.05) is 29.4 Å². The summed E-state index contributed by atoms with van der Waals surface area (Å²) in [6, 6.07) is 8.67. The highest BCUT2D eigenvalue weighted by Crippen LogP contribution is 2.26. The molecule has 0 saturated carbocycles. The molecule has 0 saturated heterocycles. The highest BCUT2D eigenvalue weighted by atomic mass is 35.5. The Morgan fingerprint density at radius 3 is 3.07 bits per heavy atom. The molecule has 0 fully saturated rings. The minimum atomic E-state index is -0.326. The number of aliphatic imine (C=N–C) groups is 1. The van der Waals surface area contributed by atoms with E-state index in [0.717, 1.165) is 29.0 Å². The molecule has 28 heavy (non-hydrogen) atoms. The largest absolute Gasteiger partial charge is 0.369 e. The van der Waals surface area contributed by atoms with Crippen LogP contribution < -0.4 is 16.0 Å². The SMILES string of the molecule is O=C(NC1=NCC(CCNc2ncnc3ccsc23)S1)Nc1cccc(Cl)c1. The van der Waals surface area contributed by atoms with Crippen LogP contribution in [0, 0.1) is 0 Å². The number of hydrogen-bond donors (Lipinski definition) is 3. The molecule has 2 amide bonds. The number of fused-ring (bicyclic) bond motifs is 1. The molecule has 3 heterocycles. The predicted molar refractivity (Wildman–Crippen MR) is 118 cm³/mol. The molecule has 2 aromatic heterocycles. The number of amidine groups is 1. The van der Waals surface area contributed by atoms with Gasteiger partial charge in [-0.25, -0.2) is 14.8 Å². The lowest BCUT2D eigenvalue weighted by Crippen LogP contribution is -2.32. The summed E-state index contributed by atoms with van der Waals surface area (Å²) in [5.41, 5.74) is 1.59. The molecule has 144 valence electrons. The molecule has 0 radical (unpaired) electrons. The van der Waals surface area contributed by atoms with Crippen molar-refractivity contribution in [2.75, 3.05) is 23.7 Å². The second kappa shape index (κ2) is 8.76. The van der Waals surface area contributed by atoms with Crippen molar-refractivity contribution in [3.05, 3.63) is 47.1 Å². The molecular formula is C18H17ClN6OS2. The number of halogens is 1. The van der Waals surface area contributed by atoms with Crippen LogP contribution in [0.25, 0.3) is 10.2 Å². The fourth-order valence-corrected chi connectivity index (χ4v) is 4.73. The van der Waals surface area contributed by atoms with Crippen molar-refractivity contribution >= 4 is 67.6 Å². The summed E-state index contributed by atoms with van der Waals surface area (Å²) in [6.07, 6.45) is 2.48. The van der Waals surface area contributed by atoms with Crippen molar-refractivity contribution in [3.63, 3.8) is 0 Å². The number of anilines is 2. The summed E-state index contributed by atoms with van der Waals surface area (Å²) in [5.74, 6) is 0.864. The minimum absolute atomic E-state index is 0.314. The third kappa shape index (κ3) is 4.73. The van der Waals surface area contributed by atoms with Gasteiger partial charge in [0.25, 0.3) is 0 Å². The molecule has 4 rings (SSSR count). The molecule has 1 aromatic carbocycles. The van der Waals surface area contributed by atoms with Crippen molar-refractivity contribution in [1.82, 2.24) is 15.3 Å². The van der Waals surface area contributed by atoms with Crippen molar-refractivity contribution in [2.24, 2.45) is 4.99 Å². The maximum absolute atomic E-state index is 12.1. The highest BCUT2D eigenvalue weighted by molar-refractivity contribution is 8.14. The van der Waals surface area contributed by atoms with E-state index < -0.39 is 0 Å². The minimum Gasteiger partial charge on any atom is -0.369 e. The van der Waals surface area contributed by atoms with Crippen LogP contribution >= 0.6 is 34.7 Å². The van der Waals surface area contributed by atoms with E-state index in [2.05, 4.69) is 30.9 Å². The maximum Gasteiger partial charge on any atom is 0.325 e. The molecule has 1 aliphatic rings. The van der Waals surface area contributed by atoms with E-state index in [1.807, 2.05) is 11.4 Å². The number of carbonyl (C=O) groups is 1.